The first-order valence-corrected chi connectivity index (χ1v) is 8.76. The van der Waals surface area contributed by atoms with Gasteiger partial charge in [0.15, 0.2) is 0 Å². The summed E-state index contributed by atoms with van der Waals surface area (Å²) in [4.78, 5) is 14.3. The van der Waals surface area contributed by atoms with Gasteiger partial charge < -0.3 is 9.73 Å². The molecule has 0 aliphatic heterocycles. The van der Waals surface area contributed by atoms with Crippen molar-refractivity contribution in [3.8, 4) is 0 Å². The Morgan fingerprint density at radius 1 is 1.22 bits per heavy atom. The van der Waals surface area contributed by atoms with E-state index in [1.165, 1.54) is 5.56 Å². The van der Waals surface area contributed by atoms with E-state index in [4.69, 9.17) is 4.42 Å². The molecule has 0 fully saturated rings. The lowest BCUT2D eigenvalue weighted by atomic mass is 10.2. The first kappa shape index (κ1) is 17.6. The van der Waals surface area contributed by atoms with Crippen LogP contribution in [0.2, 0.25) is 0 Å². The molecule has 124 valence electrons. The maximum Gasteiger partial charge on any atom is 0.232 e. The van der Waals surface area contributed by atoms with Crippen molar-refractivity contribution < 1.29 is 9.21 Å². The van der Waals surface area contributed by atoms with Gasteiger partial charge in [-0.3, -0.25) is 9.69 Å². The number of thioether (sulfide) groups is 1. The molecule has 5 heteroatoms. The van der Waals surface area contributed by atoms with Gasteiger partial charge in [0.2, 0.25) is 5.91 Å². The first-order chi connectivity index (χ1) is 11.1. The highest BCUT2D eigenvalue weighted by Gasteiger charge is 2.20. The largest absolute Gasteiger partial charge is 0.468 e. The van der Waals surface area contributed by atoms with Crippen molar-refractivity contribution in [1.82, 2.24) is 10.2 Å². The van der Waals surface area contributed by atoms with Crippen LogP contribution in [0, 0.1) is 0 Å². The van der Waals surface area contributed by atoms with Crippen molar-refractivity contribution in [2.75, 3.05) is 20.6 Å². The fraction of sp³-hybridized carbons (Fsp3) is 0.389. The highest BCUT2D eigenvalue weighted by molar-refractivity contribution is 7.99. The van der Waals surface area contributed by atoms with E-state index in [2.05, 4.69) is 17.4 Å². The van der Waals surface area contributed by atoms with Gasteiger partial charge >= 0.3 is 0 Å². The van der Waals surface area contributed by atoms with E-state index in [-0.39, 0.29) is 17.2 Å². The molecule has 2 aromatic rings. The summed E-state index contributed by atoms with van der Waals surface area (Å²) in [5.74, 6) is 1.76. The van der Waals surface area contributed by atoms with Gasteiger partial charge in [-0.15, -0.1) is 11.8 Å². The Bertz CT molecular complexity index is 584. The number of rotatable bonds is 8. The van der Waals surface area contributed by atoms with Gasteiger partial charge in [0.05, 0.1) is 17.6 Å². The third kappa shape index (κ3) is 5.44. The number of nitrogens with one attached hydrogen (secondary N) is 1. The minimum absolute atomic E-state index is 0.0419. The molecule has 1 heterocycles. The van der Waals surface area contributed by atoms with Gasteiger partial charge in [0.1, 0.15) is 5.76 Å². The molecule has 1 amide bonds. The van der Waals surface area contributed by atoms with Gasteiger partial charge in [0, 0.05) is 12.3 Å². The third-order valence-corrected chi connectivity index (χ3v) is 4.89. The quantitative estimate of drug-likeness (QED) is 0.805. The molecule has 0 saturated carbocycles. The van der Waals surface area contributed by atoms with E-state index < -0.39 is 0 Å². The Labute approximate surface area is 142 Å². The molecular weight excluding hydrogens is 308 g/mol. The summed E-state index contributed by atoms with van der Waals surface area (Å²) < 4.78 is 5.46. The number of nitrogens with zero attached hydrogens (tertiary/aromatic N) is 1. The third-order valence-electron chi connectivity index (χ3n) is 3.68. The zero-order valence-corrected chi connectivity index (χ0v) is 14.7. The van der Waals surface area contributed by atoms with Crippen LogP contribution in [0.3, 0.4) is 0 Å². The van der Waals surface area contributed by atoms with Crippen LogP contribution in [0.1, 0.15) is 24.3 Å². The standard InChI is InChI=1S/C18H24N2O2S/c1-14(23-13-15-8-5-4-6-9-15)18(21)19-12-16(20(2)3)17-10-7-11-22-17/h4-11,14,16H,12-13H2,1-3H3,(H,19,21). The van der Waals surface area contributed by atoms with E-state index in [1.54, 1.807) is 18.0 Å². The van der Waals surface area contributed by atoms with Crippen LogP contribution in [0.5, 0.6) is 0 Å². The summed E-state index contributed by atoms with van der Waals surface area (Å²) in [6.45, 7) is 2.48. The van der Waals surface area contributed by atoms with Crippen molar-refractivity contribution in [2.24, 2.45) is 0 Å². The molecule has 0 aliphatic carbocycles. The average Bonchev–Trinajstić information content (AvgIpc) is 3.07. The van der Waals surface area contributed by atoms with E-state index in [9.17, 15) is 4.79 Å². The first-order valence-electron chi connectivity index (χ1n) is 7.71. The number of benzene rings is 1. The molecule has 1 aromatic carbocycles. The summed E-state index contributed by atoms with van der Waals surface area (Å²) in [5, 5.41) is 2.94. The normalized spacial score (nSPS) is 13.7. The average molecular weight is 332 g/mol. The van der Waals surface area contributed by atoms with Gasteiger partial charge in [-0.2, -0.15) is 0 Å². The minimum atomic E-state index is -0.0883. The second-order valence-electron chi connectivity index (χ2n) is 5.68. The molecule has 2 unspecified atom stereocenters. The Hall–Kier alpha value is -1.72. The number of carbonyl (C=O) groups excluding carboxylic acids is 1. The van der Waals surface area contributed by atoms with Crippen LogP contribution in [0.25, 0.3) is 0 Å². The summed E-state index contributed by atoms with van der Waals surface area (Å²) in [6.07, 6.45) is 1.66. The Balaban J connectivity index is 1.81. The second-order valence-corrected chi connectivity index (χ2v) is 7.01. The van der Waals surface area contributed by atoms with Crippen molar-refractivity contribution in [1.29, 1.82) is 0 Å². The number of furan rings is 1. The maximum absolute atomic E-state index is 12.3. The summed E-state index contributed by atoms with van der Waals surface area (Å²) >= 11 is 1.65. The smallest absolute Gasteiger partial charge is 0.232 e. The van der Waals surface area contributed by atoms with Crippen LogP contribution in [-0.4, -0.2) is 36.7 Å². The van der Waals surface area contributed by atoms with E-state index in [0.717, 1.165) is 11.5 Å². The zero-order valence-electron chi connectivity index (χ0n) is 13.9. The van der Waals surface area contributed by atoms with Crippen LogP contribution in [-0.2, 0) is 10.5 Å². The highest BCUT2D eigenvalue weighted by atomic mass is 32.2. The van der Waals surface area contributed by atoms with Crippen molar-refractivity contribution in [3.05, 3.63) is 60.1 Å². The van der Waals surface area contributed by atoms with Gasteiger partial charge in [-0.25, -0.2) is 0 Å². The molecule has 23 heavy (non-hydrogen) atoms. The van der Waals surface area contributed by atoms with Gasteiger partial charge in [0.25, 0.3) is 0 Å². The lowest BCUT2D eigenvalue weighted by Crippen LogP contribution is -2.37. The van der Waals surface area contributed by atoms with Crippen molar-refractivity contribution >= 4 is 17.7 Å². The van der Waals surface area contributed by atoms with Gasteiger partial charge in [-0.1, -0.05) is 30.3 Å². The second kappa shape index (κ2) is 8.79. The molecule has 4 nitrogen and oxygen atoms in total. The highest BCUT2D eigenvalue weighted by Crippen LogP contribution is 2.20. The lowest BCUT2D eigenvalue weighted by Gasteiger charge is -2.23. The number of carbonyl (C=O) groups is 1. The molecule has 0 bridgehead atoms. The fourth-order valence-corrected chi connectivity index (χ4v) is 3.10. The summed E-state index contributed by atoms with van der Waals surface area (Å²) in [7, 11) is 3.96. The molecule has 0 spiro atoms. The van der Waals surface area contributed by atoms with Crippen LogP contribution in [0.15, 0.2) is 53.1 Å². The summed E-state index contributed by atoms with van der Waals surface area (Å²) in [5.41, 5.74) is 1.24. The Kier molecular flexibility index (Phi) is 6.74. The van der Waals surface area contributed by atoms with Gasteiger partial charge in [-0.05, 0) is 38.7 Å². The number of amides is 1. The van der Waals surface area contributed by atoms with E-state index in [0.29, 0.717) is 6.54 Å². The molecule has 0 radical (unpaired) electrons. The molecule has 0 aliphatic rings. The van der Waals surface area contributed by atoms with Crippen molar-refractivity contribution in [3.63, 3.8) is 0 Å². The predicted octanol–water partition coefficient (Wildman–Crippen LogP) is 3.32. The molecule has 0 saturated heterocycles. The minimum Gasteiger partial charge on any atom is -0.468 e. The lowest BCUT2D eigenvalue weighted by molar-refractivity contribution is -0.120. The molecule has 2 atom stereocenters. The number of hydrogen-bond acceptors (Lipinski definition) is 4. The van der Waals surface area contributed by atoms with E-state index >= 15 is 0 Å². The van der Waals surface area contributed by atoms with Crippen LogP contribution in [0.4, 0.5) is 0 Å². The fourth-order valence-electron chi connectivity index (χ4n) is 2.23. The monoisotopic (exact) mass is 332 g/mol. The van der Waals surface area contributed by atoms with E-state index in [1.807, 2.05) is 56.3 Å². The molecule has 2 rings (SSSR count). The molecular formula is C18H24N2O2S. The van der Waals surface area contributed by atoms with Crippen LogP contribution < -0.4 is 5.32 Å². The van der Waals surface area contributed by atoms with Crippen molar-refractivity contribution in [2.45, 2.75) is 24.0 Å². The molecule has 1 N–H and O–H groups in total. The Morgan fingerprint density at radius 3 is 2.57 bits per heavy atom. The van der Waals surface area contributed by atoms with Crippen LogP contribution >= 0.6 is 11.8 Å². The Morgan fingerprint density at radius 2 is 1.96 bits per heavy atom. The number of hydrogen-bond donors (Lipinski definition) is 1. The predicted molar refractivity (Wildman–Crippen MR) is 95.3 cm³/mol. The SMILES string of the molecule is CC(SCc1ccccc1)C(=O)NCC(c1ccco1)N(C)C. The maximum atomic E-state index is 12.3. The zero-order chi connectivity index (χ0) is 16.7. The number of likely N-dealkylation sites (N-methyl/N-ethyl adjacent to an activating group) is 1. The summed E-state index contributed by atoms with van der Waals surface area (Å²) in [6, 6.07) is 14.0. The molecule has 1 aromatic heterocycles. The topological polar surface area (TPSA) is 45.5 Å².